The van der Waals surface area contributed by atoms with E-state index in [4.69, 9.17) is 4.74 Å². The fraction of sp³-hybridized carbons (Fsp3) is 0.562. The Morgan fingerprint density at radius 3 is 2.63 bits per heavy atom. The van der Waals surface area contributed by atoms with Gasteiger partial charge in [-0.2, -0.15) is 0 Å². The Balaban J connectivity index is 2.36. The molecule has 3 heteroatoms. The van der Waals surface area contributed by atoms with Crippen LogP contribution in [0.4, 0.5) is 0 Å². The molecule has 1 aromatic carbocycles. The molecular formula is C16H24O3. The fourth-order valence-electron chi connectivity index (χ4n) is 2.07. The summed E-state index contributed by atoms with van der Waals surface area (Å²) in [5.41, 5.74) is 0.598. The SMILES string of the molecule is CC(C)C(=O)C(C)(C)CCOCc1cccc(O)c1. The number of carbonyl (C=O) groups is 1. The monoisotopic (exact) mass is 264 g/mol. The molecule has 0 bridgehead atoms. The van der Waals surface area contributed by atoms with Crippen LogP contribution in [0, 0.1) is 11.3 Å². The van der Waals surface area contributed by atoms with Gasteiger partial charge in [0.15, 0.2) is 0 Å². The van der Waals surface area contributed by atoms with E-state index in [1.54, 1.807) is 18.2 Å². The lowest BCUT2D eigenvalue weighted by molar-refractivity contribution is -0.131. The Hall–Kier alpha value is -1.35. The molecule has 1 aromatic rings. The van der Waals surface area contributed by atoms with Crippen molar-refractivity contribution < 1.29 is 14.6 Å². The lowest BCUT2D eigenvalue weighted by atomic mass is 9.80. The first-order valence-electron chi connectivity index (χ1n) is 6.73. The predicted molar refractivity (Wildman–Crippen MR) is 76.0 cm³/mol. The van der Waals surface area contributed by atoms with Crippen molar-refractivity contribution in [1.82, 2.24) is 0 Å². The second-order valence-electron chi connectivity index (χ2n) is 5.88. The van der Waals surface area contributed by atoms with Crippen molar-refractivity contribution in [3.05, 3.63) is 29.8 Å². The molecular weight excluding hydrogens is 240 g/mol. The van der Waals surface area contributed by atoms with E-state index in [9.17, 15) is 9.90 Å². The highest BCUT2D eigenvalue weighted by Crippen LogP contribution is 2.25. The van der Waals surface area contributed by atoms with Crippen LogP contribution in [-0.2, 0) is 16.1 Å². The van der Waals surface area contributed by atoms with Crippen LogP contribution >= 0.6 is 0 Å². The van der Waals surface area contributed by atoms with Gasteiger partial charge in [0.25, 0.3) is 0 Å². The molecule has 0 amide bonds. The average molecular weight is 264 g/mol. The van der Waals surface area contributed by atoms with Crippen LogP contribution in [0.3, 0.4) is 0 Å². The molecule has 0 heterocycles. The van der Waals surface area contributed by atoms with Gasteiger partial charge in [0.2, 0.25) is 0 Å². The number of Topliss-reactive ketones (excluding diaryl/α,β-unsaturated/α-hetero) is 1. The number of hydrogen-bond donors (Lipinski definition) is 1. The van der Waals surface area contributed by atoms with Gasteiger partial charge in [0.1, 0.15) is 11.5 Å². The standard InChI is InChI=1S/C16H24O3/c1-12(2)15(18)16(3,4)8-9-19-11-13-6-5-7-14(17)10-13/h5-7,10,12,17H,8-9,11H2,1-4H3. The van der Waals surface area contributed by atoms with E-state index in [1.165, 1.54) is 0 Å². The van der Waals surface area contributed by atoms with Crippen molar-refractivity contribution in [3.8, 4) is 5.75 Å². The summed E-state index contributed by atoms with van der Waals surface area (Å²) in [6, 6.07) is 7.02. The molecule has 0 aromatic heterocycles. The van der Waals surface area contributed by atoms with Gasteiger partial charge in [-0.25, -0.2) is 0 Å². The van der Waals surface area contributed by atoms with E-state index >= 15 is 0 Å². The minimum Gasteiger partial charge on any atom is -0.508 e. The van der Waals surface area contributed by atoms with Gasteiger partial charge in [-0.1, -0.05) is 39.8 Å². The van der Waals surface area contributed by atoms with E-state index in [0.29, 0.717) is 19.6 Å². The van der Waals surface area contributed by atoms with Gasteiger partial charge in [-0.15, -0.1) is 0 Å². The molecule has 0 radical (unpaired) electrons. The fourth-order valence-corrected chi connectivity index (χ4v) is 2.07. The number of aromatic hydroxyl groups is 1. The highest BCUT2D eigenvalue weighted by Gasteiger charge is 2.28. The molecule has 0 aliphatic rings. The minimum absolute atomic E-state index is 0.0565. The van der Waals surface area contributed by atoms with Crippen LogP contribution < -0.4 is 0 Å². The number of hydrogen-bond acceptors (Lipinski definition) is 3. The molecule has 1 N–H and O–H groups in total. The van der Waals surface area contributed by atoms with Crippen molar-refractivity contribution in [3.63, 3.8) is 0 Å². The number of rotatable bonds is 7. The number of carbonyl (C=O) groups excluding carboxylic acids is 1. The van der Waals surface area contributed by atoms with Crippen LogP contribution in [0.5, 0.6) is 5.75 Å². The number of phenols is 1. The van der Waals surface area contributed by atoms with Gasteiger partial charge in [-0.3, -0.25) is 4.79 Å². The third-order valence-electron chi connectivity index (χ3n) is 3.24. The van der Waals surface area contributed by atoms with E-state index in [0.717, 1.165) is 5.56 Å². The number of ketones is 1. The summed E-state index contributed by atoms with van der Waals surface area (Å²) < 4.78 is 5.58. The molecule has 19 heavy (non-hydrogen) atoms. The third-order valence-corrected chi connectivity index (χ3v) is 3.24. The summed E-state index contributed by atoms with van der Waals surface area (Å²) in [6.45, 7) is 8.79. The molecule has 0 aliphatic heterocycles. The van der Waals surface area contributed by atoms with Gasteiger partial charge < -0.3 is 9.84 Å². The van der Waals surface area contributed by atoms with E-state index < -0.39 is 0 Å². The predicted octanol–water partition coefficient (Wildman–Crippen LogP) is 3.55. The maximum atomic E-state index is 12.0. The summed E-state index contributed by atoms with van der Waals surface area (Å²) in [6.07, 6.45) is 0.711. The molecule has 0 saturated carbocycles. The van der Waals surface area contributed by atoms with E-state index in [1.807, 2.05) is 33.8 Å². The van der Waals surface area contributed by atoms with Crippen LogP contribution in [0.2, 0.25) is 0 Å². The molecule has 0 saturated heterocycles. The zero-order chi connectivity index (χ0) is 14.5. The first kappa shape index (κ1) is 15.7. The average Bonchev–Trinajstić information content (AvgIpc) is 2.33. The topological polar surface area (TPSA) is 46.5 Å². The second-order valence-corrected chi connectivity index (χ2v) is 5.88. The lowest BCUT2D eigenvalue weighted by Crippen LogP contribution is -2.29. The normalized spacial score (nSPS) is 11.8. The second kappa shape index (κ2) is 6.71. The number of benzene rings is 1. The summed E-state index contributed by atoms with van der Waals surface area (Å²) in [7, 11) is 0. The smallest absolute Gasteiger partial charge is 0.141 e. The molecule has 0 fully saturated rings. The first-order valence-corrected chi connectivity index (χ1v) is 6.73. The van der Waals surface area contributed by atoms with Gasteiger partial charge in [-0.05, 0) is 24.1 Å². The Morgan fingerprint density at radius 2 is 2.05 bits per heavy atom. The largest absolute Gasteiger partial charge is 0.508 e. The van der Waals surface area contributed by atoms with Crippen molar-refractivity contribution in [2.75, 3.05) is 6.61 Å². The molecule has 3 nitrogen and oxygen atoms in total. The Labute approximate surface area is 115 Å². The van der Waals surface area contributed by atoms with Crippen LogP contribution in [0.1, 0.15) is 39.7 Å². The zero-order valence-corrected chi connectivity index (χ0v) is 12.3. The van der Waals surface area contributed by atoms with Crippen molar-refractivity contribution in [2.45, 2.75) is 40.7 Å². The molecule has 0 atom stereocenters. The van der Waals surface area contributed by atoms with Crippen molar-refractivity contribution in [2.24, 2.45) is 11.3 Å². The molecule has 0 spiro atoms. The maximum absolute atomic E-state index is 12.0. The molecule has 0 aliphatic carbocycles. The summed E-state index contributed by atoms with van der Waals surface area (Å²) in [5, 5.41) is 9.33. The Morgan fingerprint density at radius 1 is 1.37 bits per heavy atom. The highest BCUT2D eigenvalue weighted by atomic mass is 16.5. The van der Waals surface area contributed by atoms with Crippen molar-refractivity contribution in [1.29, 1.82) is 0 Å². The molecule has 1 rings (SSSR count). The summed E-state index contributed by atoms with van der Waals surface area (Å²) >= 11 is 0. The zero-order valence-electron chi connectivity index (χ0n) is 12.3. The van der Waals surface area contributed by atoms with Gasteiger partial charge in [0.05, 0.1) is 6.61 Å². The minimum atomic E-state index is -0.340. The highest BCUT2D eigenvalue weighted by molar-refractivity contribution is 5.85. The number of ether oxygens (including phenoxy) is 1. The van der Waals surface area contributed by atoms with E-state index in [2.05, 4.69) is 0 Å². The number of phenolic OH excluding ortho intramolecular Hbond substituents is 1. The van der Waals surface area contributed by atoms with E-state index in [-0.39, 0.29) is 22.9 Å². The summed E-state index contributed by atoms with van der Waals surface area (Å²) in [5.74, 6) is 0.575. The quantitative estimate of drug-likeness (QED) is 0.766. The van der Waals surface area contributed by atoms with Gasteiger partial charge >= 0.3 is 0 Å². The van der Waals surface area contributed by atoms with Crippen LogP contribution in [0.25, 0.3) is 0 Å². The molecule has 106 valence electrons. The third kappa shape index (κ3) is 5.03. The first-order chi connectivity index (χ1) is 8.83. The maximum Gasteiger partial charge on any atom is 0.141 e. The van der Waals surface area contributed by atoms with Gasteiger partial charge in [0, 0.05) is 17.9 Å². The van der Waals surface area contributed by atoms with Crippen LogP contribution in [0.15, 0.2) is 24.3 Å². The summed E-state index contributed by atoms with van der Waals surface area (Å²) in [4.78, 5) is 12.0. The Bertz CT molecular complexity index is 422. The molecule has 0 unspecified atom stereocenters. The lowest BCUT2D eigenvalue weighted by Gasteiger charge is -2.25. The van der Waals surface area contributed by atoms with Crippen molar-refractivity contribution >= 4 is 5.78 Å². The van der Waals surface area contributed by atoms with Crippen LogP contribution in [-0.4, -0.2) is 17.5 Å². The Kier molecular flexibility index (Phi) is 5.55.